The molecule has 0 saturated carbocycles. The van der Waals surface area contributed by atoms with Gasteiger partial charge in [-0.15, -0.1) is 10.2 Å². The summed E-state index contributed by atoms with van der Waals surface area (Å²) in [5, 5.41) is 11.6. The van der Waals surface area contributed by atoms with E-state index in [0.717, 1.165) is 10.0 Å². The van der Waals surface area contributed by atoms with Gasteiger partial charge in [0.25, 0.3) is 11.8 Å². The summed E-state index contributed by atoms with van der Waals surface area (Å²) in [4.78, 5) is 11.8. The Kier molecular flexibility index (Phi) is 6.16. The molecule has 2 aromatic carbocycles. The van der Waals surface area contributed by atoms with Gasteiger partial charge in [0.1, 0.15) is 6.21 Å². The summed E-state index contributed by atoms with van der Waals surface area (Å²) in [6.45, 7) is -0.217. The molecule has 0 bridgehead atoms. The van der Waals surface area contributed by atoms with E-state index in [-0.39, 0.29) is 12.5 Å². The van der Waals surface area contributed by atoms with Gasteiger partial charge >= 0.3 is 0 Å². The van der Waals surface area contributed by atoms with Crippen molar-refractivity contribution in [2.24, 2.45) is 5.10 Å². The van der Waals surface area contributed by atoms with Gasteiger partial charge in [-0.25, -0.2) is 5.43 Å². The molecule has 0 aliphatic heterocycles. The first-order valence-electron chi connectivity index (χ1n) is 7.83. The third-order valence-electron chi connectivity index (χ3n) is 3.32. The van der Waals surface area contributed by atoms with Crippen molar-refractivity contribution >= 4 is 28.1 Å². The Morgan fingerprint density at radius 3 is 2.67 bits per heavy atom. The molecule has 0 radical (unpaired) electrons. The van der Waals surface area contributed by atoms with E-state index in [1.807, 2.05) is 30.3 Å². The third kappa shape index (κ3) is 5.14. The fourth-order valence-electron chi connectivity index (χ4n) is 2.07. The van der Waals surface area contributed by atoms with Crippen LogP contribution in [-0.4, -0.2) is 36.0 Å². The van der Waals surface area contributed by atoms with Crippen molar-refractivity contribution in [2.75, 3.05) is 13.7 Å². The quantitative estimate of drug-likeness (QED) is 0.456. The Bertz CT molecular complexity index is 941. The first kappa shape index (κ1) is 18.6. The maximum Gasteiger partial charge on any atom is 0.277 e. The highest BCUT2D eigenvalue weighted by Gasteiger charge is 2.08. The molecule has 138 valence electrons. The van der Waals surface area contributed by atoms with Crippen molar-refractivity contribution in [1.29, 1.82) is 0 Å². The van der Waals surface area contributed by atoms with Crippen molar-refractivity contribution in [2.45, 2.75) is 0 Å². The Balaban J connectivity index is 1.51. The van der Waals surface area contributed by atoms with Gasteiger partial charge in [0, 0.05) is 10.0 Å². The van der Waals surface area contributed by atoms with Crippen LogP contribution in [0.2, 0.25) is 0 Å². The zero-order valence-corrected chi connectivity index (χ0v) is 15.8. The number of hydrogen-bond acceptors (Lipinski definition) is 7. The first-order valence-corrected chi connectivity index (χ1v) is 8.62. The van der Waals surface area contributed by atoms with Crippen LogP contribution >= 0.6 is 15.9 Å². The zero-order chi connectivity index (χ0) is 19.1. The van der Waals surface area contributed by atoms with E-state index in [2.05, 4.69) is 36.7 Å². The van der Waals surface area contributed by atoms with Crippen LogP contribution in [-0.2, 0) is 4.79 Å². The summed E-state index contributed by atoms with van der Waals surface area (Å²) >= 11 is 3.36. The lowest BCUT2D eigenvalue weighted by molar-refractivity contribution is -0.123. The maximum atomic E-state index is 11.8. The molecule has 3 aromatic rings. The Labute approximate surface area is 163 Å². The number of ether oxygens (including phenoxy) is 2. The van der Waals surface area contributed by atoms with Crippen molar-refractivity contribution in [1.82, 2.24) is 15.6 Å². The molecule has 0 aliphatic carbocycles. The number of benzene rings is 2. The minimum absolute atomic E-state index is 0.166. The molecule has 0 atom stereocenters. The molecule has 27 heavy (non-hydrogen) atoms. The molecular formula is C18H15BrN4O4. The van der Waals surface area contributed by atoms with Crippen LogP contribution < -0.4 is 14.9 Å². The average molecular weight is 431 g/mol. The Hall–Kier alpha value is -3.20. The summed E-state index contributed by atoms with van der Waals surface area (Å²) in [5.74, 6) is 1.09. The van der Waals surface area contributed by atoms with Crippen LogP contribution in [0.1, 0.15) is 5.89 Å². The fourth-order valence-corrected chi connectivity index (χ4v) is 2.33. The Morgan fingerprint density at radius 2 is 1.93 bits per heavy atom. The lowest BCUT2D eigenvalue weighted by atomic mass is 10.2. The number of hydrogen-bond donors (Lipinski definition) is 1. The smallest absolute Gasteiger partial charge is 0.277 e. The van der Waals surface area contributed by atoms with Gasteiger partial charge in [-0.05, 0) is 36.4 Å². The number of aromatic nitrogens is 2. The monoisotopic (exact) mass is 430 g/mol. The molecule has 0 unspecified atom stereocenters. The number of carbonyl (C=O) groups is 1. The van der Waals surface area contributed by atoms with E-state index in [0.29, 0.717) is 17.4 Å². The molecule has 3 rings (SSSR count). The summed E-state index contributed by atoms with van der Waals surface area (Å²) < 4.78 is 17.0. The van der Waals surface area contributed by atoms with Crippen LogP contribution in [0.3, 0.4) is 0 Å². The zero-order valence-electron chi connectivity index (χ0n) is 14.3. The topological polar surface area (TPSA) is 98.8 Å². The summed E-state index contributed by atoms with van der Waals surface area (Å²) in [6, 6.07) is 14.5. The maximum absolute atomic E-state index is 11.8. The fraction of sp³-hybridized carbons (Fsp3) is 0.111. The van der Waals surface area contributed by atoms with E-state index >= 15 is 0 Å². The molecule has 1 amide bonds. The number of hydrazone groups is 1. The van der Waals surface area contributed by atoms with Gasteiger partial charge in [0.15, 0.2) is 18.1 Å². The van der Waals surface area contributed by atoms with E-state index in [4.69, 9.17) is 13.9 Å². The number of rotatable bonds is 7. The van der Waals surface area contributed by atoms with Crippen molar-refractivity contribution in [3.63, 3.8) is 0 Å². The van der Waals surface area contributed by atoms with Gasteiger partial charge in [0.2, 0.25) is 5.89 Å². The molecule has 0 spiro atoms. The SMILES string of the molecule is COc1ccccc1OCC(=O)N/N=C/c1nnc(-c2ccc(Br)cc2)o1. The highest BCUT2D eigenvalue weighted by Crippen LogP contribution is 2.25. The minimum Gasteiger partial charge on any atom is -0.493 e. The van der Waals surface area contributed by atoms with E-state index in [9.17, 15) is 4.79 Å². The average Bonchev–Trinajstić information content (AvgIpc) is 3.16. The molecular weight excluding hydrogens is 416 g/mol. The summed E-state index contributed by atoms with van der Waals surface area (Å²) in [6.07, 6.45) is 1.26. The van der Waals surface area contributed by atoms with Crippen molar-refractivity contribution in [3.05, 3.63) is 58.9 Å². The standard InChI is InChI=1S/C18H15BrN4O4/c1-25-14-4-2-3-5-15(14)26-11-16(24)21-20-10-17-22-23-18(27-17)12-6-8-13(19)9-7-12/h2-10H,11H2,1H3,(H,21,24)/b20-10+. The highest BCUT2D eigenvalue weighted by atomic mass is 79.9. The molecule has 1 aromatic heterocycles. The summed E-state index contributed by atoms with van der Waals surface area (Å²) in [5.41, 5.74) is 3.10. The first-order chi connectivity index (χ1) is 13.2. The van der Waals surface area contributed by atoms with Crippen LogP contribution in [0, 0.1) is 0 Å². The molecule has 9 heteroatoms. The van der Waals surface area contributed by atoms with E-state index in [1.54, 1.807) is 18.2 Å². The van der Waals surface area contributed by atoms with Crippen LogP contribution in [0.15, 0.2) is 62.5 Å². The van der Waals surface area contributed by atoms with Crippen molar-refractivity contribution < 1.29 is 18.7 Å². The molecule has 0 saturated heterocycles. The number of carbonyl (C=O) groups excluding carboxylic acids is 1. The van der Waals surface area contributed by atoms with Crippen molar-refractivity contribution in [3.8, 4) is 23.0 Å². The second kappa shape index (κ2) is 8.95. The summed E-state index contributed by atoms with van der Waals surface area (Å²) in [7, 11) is 1.53. The Morgan fingerprint density at radius 1 is 1.19 bits per heavy atom. The van der Waals surface area contributed by atoms with E-state index < -0.39 is 5.91 Å². The number of para-hydroxylation sites is 2. The molecule has 1 heterocycles. The largest absolute Gasteiger partial charge is 0.493 e. The second-order valence-electron chi connectivity index (χ2n) is 5.19. The van der Waals surface area contributed by atoms with Gasteiger partial charge in [-0.2, -0.15) is 5.10 Å². The van der Waals surface area contributed by atoms with Crippen LogP contribution in [0.5, 0.6) is 11.5 Å². The molecule has 8 nitrogen and oxygen atoms in total. The van der Waals surface area contributed by atoms with Crippen LogP contribution in [0.4, 0.5) is 0 Å². The van der Waals surface area contributed by atoms with Gasteiger partial charge in [0.05, 0.1) is 7.11 Å². The molecule has 0 fully saturated rings. The van der Waals surface area contributed by atoms with Gasteiger partial charge in [-0.1, -0.05) is 28.1 Å². The lowest BCUT2D eigenvalue weighted by Crippen LogP contribution is -2.24. The van der Waals surface area contributed by atoms with Gasteiger partial charge in [-0.3, -0.25) is 4.79 Å². The van der Waals surface area contributed by atoms with E-state index in [1.165, 1.54) is 13.3 Å². The third-order valence-corrected chi connectivity index (χ3v) is 3.85. The lowest BCUT2D eigenvalue weighted by Gasteiger charge is -2.08. The minimum atomic E-state index is -0.440. The van der Waals surface area contributed by atoms with Crippen LogP contribution in [0.25, 0.3) is 11.5 Å². The number of nitrogens with one attached hydrogen (secondary N) is 1. The predicted molar refractivity (Wildman–Crippen MR) is 102 cm³/mol. The molecule has 1 N–H and O–H groups in total. The highest BCUT2D eigenvalue weighted by molar-refractivity contribution is 9.10. The predicted octanol–water partition coefficient (Wildman–Crippen LogP) is 3.04. The number of methoxy groups -OCH3 is 1. The normalized spacial score (nSPS) is 10.7. The molecule has 0 aliphatic rings. The number of nitrogens with zero attached hydrogens (tertiary/aromatic N) is 3. The number of halogens is 1. The second-order valence-corrected chi connectivity index (χ2v) is 6.10. The van der Waals surface area contributed by atoms with Gasteiger partial charge < -0.3 is 13.9 Å². The number of amides is 1.